The summed E-state index contributed by atoms with van der Waals surface area (Å²) >= 11 is 5.97. The quantitative estimate of drug-likeness (QED) is 0.510. The average Bonchev–Trinajstić information content (AvgIpc) is 3.38. The number of aromatic nitrogens is 2. The lowest BCUT2D eigenvalue weighted by Crippen LogP contribution is -2.34. The van der Waals surface area contributed by atoms with Crippen LogP contribution in [0.2, 0.25) is 5.02 Å². The normalized spacial score (nSPS) is 16.4. The Morgan fingerprint density at radius 3 is 2.50 bits per heavy atom. The monoisotopic (exact) mass is 448 g/mol. The van der Waals surface area contributed by atoms with E-state index in [9.17, 15) is 4.79 Å². The molecule has 1 saturated heterocycles. The van der Waals surface area contributed by atoms with Crippen molar-refractivity contribution in [3.63, 3.8) is 0 Å². The van der Waals surface area contributed by atoms with E-state index in [0.29, 0.717) is 11.6 Å². The summed E-state index contributed by atoms with van der Waals surface area (Å²) in [6.45, 7) is 5.45. The van der Waals surface area contributed by atoms with Crippen molar-refractivity contribution < 1.29 is 4.79 Å². The summed E-state index contributed by atoms with van der Waals surface area (Å²) < 4.78 is 1.88. The first kappa shape index (κ1) is 22.3. The molecule has 2 aromatic carbocycles. The van der Waals surface area contributed by atoms with Crippen LogP contribution in [0.5, 0.6) is 0 Å². The molecular formula is C26H29ClN4O. The molecule has 0 N–H and O–H groups in total. The van der Waals surface area contributed by atoms with E-state index in [-0.39, 0.29) is 5.91 Å². The number of aryl methyl sites for hydroxylation is 1. The lowest BCUT2D eigenvalue weighted by molar-refractivity contribution is 0.0781. The van der Waals surface area contributed by atoms with Crippen LogP contribution in [0.1, 0.15) is 39.3 Å². The highest BCUT2D eigenvalue weighted by atomic mass is 35.5. The number of nitrogens with zero attached hydrogens (tertiary/aromatic N) is 4. The lowest BCUT2D eigenvalue weighted by Gasteiger charge is -2.20. The molecule has 2 heterocycles. The summed E-state index contributed by atoms with van der Waals surface area (Å²) in [5.41, 5.74) is 5.44. The third-order valence-corrected chi connectivity index (χ3v) is 6.39. The van der Waals surface area contributed by atoms with Gasteiger partial charge in [-0.15, -0.1) is 0 Å². The van der Waals surface area contributed by atoms with Gasteiger partial charge in [-0.05, 0) is 69.8 Å². The number of carbonyl (C=O) groups excluding carboxylic acids is 1. The molecule has 1 atom stereocenters. The van der Waals surface area contributed by atoms with E-state index in [2.05, 4.69) is 43.3 Å². The second-order valence-corrected chi connectivity index (χ2v) is 9.03. The first-order valence-corrected chi connectivity index (χ1v) is 11.3. The second-order valence-electron chi connectivity index (χ2n) is 8.59. The summed E-state index contributed by atoms with van der Waals surface area (Å²) in [4.78, 5) is 17.4. The fourth-order valence-electron chi connectivity index (χ4n) is 4.24. The highest BCUT2D eigenvalue weighted by molar-refractivity contribution is 6.30. The van der Waals surface area contributed by atoms with Crippen molar-refractivity contribution in [2.45, 2.75) is 26.3 Å². The number of hydrogen-bond acceptors (Lipinski definition) is 3. The topological polar surface area (TPSA) is 41.4 Å². The summed E-state index contributed by atoms with van der Waals surface area (Å²) in [5, 5.41) is 5.44. The maximum absolute atomic E-state index is 13.3. The number of amides is 1. The van der Waals surface area contributed by atoms with E-state index in [1.54, 1.807) is 0 Å². The second kappa shape index (κ2) is 9.31. The Labute approximate surface area is 194 Å². The van der Waals surface area contributed by atoms with E-state index in [4.69, 9.17) is 16.7 Å². The maximum Gasteiger partial charge on any atom is 0.257 e. The van der Waals surface area contributed by atoms with Crippen LogP contribution in [0, 0.1) is 13.8 Å². The Kier molecular flexibility index (Phi) is 6.49. The van der Waals surface area contributed by atoms with Crippen LogP contribution in [0.3, 0.4) is 0 Å². The van der Waals surface area contributed by atoms with Crippen molar-refractivity contribution in [2.75, 3.05) is 27.2 Å². The third-order valence-electron chi connectivity index (χ3n) is 6.14. The number of hydrogen-bond donors (Lipinski definition) is 0. The van der Waals surface area contributed by atoms with Gasteiger partial charge >= 0.3 is 0 Å². The standard InChI is InChI=1S/C26H29ClN4O/c1-18-25(26(32)30-15-14-24(17-30)29(3)4)19(2)31(28-18)23-7-5-6-21(16-23)9-8-20-10-12-22(27)13-11-20/h5-13,16,24H,14-15,17H2,1-4H3/b9-8+. The van der Waals surface area contributed by atoms with Crippen molar-refractivity contribution in [2.24, 2.45) is 0 Å². The molecule has 1 unspecified atom stereocenters. The van der Waals surface area contributed by atoms with Gasteiger partial charge in [0, 0.05) is 24.2 Å². The SMILES string of the molecule is Cc1nn(-c2cccc(/C=C/c3ccc(Cl)cc3)c2)c(C)c1C(=O)N1CCC(N(C)C)C1. The largest absolute Gasteiger partial charge is 0.337 e. The molecule has 1 amide bonds. The molecule has 4 rings (SSSR count). The van der Waals surface area contributed by atoms with Gasteiger partial charge in [-0.25, -0.2) is 4.68 Å². The van der Waals surface area contributed by atoms with Crippen LogP contribution >= 0.6 is 11.6 Å². The Hall–Kier alpha value is -2.89. The highest BCUT2D eigenvalue weighted by Gasteiger charge is 2.31. The summed E-state index contributed by atoms with van der Waals surface area (Å²) in [6, 6.07) is 16.3. The van der Waals surface area contributed by atoms with E-state index < -0.39 is 0 Å². The molecule has 0 saturated carbocycles. The molecule has 1 fully saturated rings. The van der Waals surface area contributed by atoms with Crippen LogP contribution < -0.4 is 0 Å². The molecule has 1 aliphatic rings. The zero-order valence-electron chi connectivity index (χ0n) is 19.0. The summed E-state index contributed by atoms with van der Waals surface area (Å²) in [5.74, 6) is 0.0781. The fourth-order valence-corrected chi connectivity index (χ4v) is 4.36. The Bertz CT molecular complexity index is 1150. The van der Waals surface area contributed by atoms with Crippen LogP contribution in [-0.2, 0) is 0 Å². The molecule has 6 heteroatoms. The van der Waals surface area contributed by atoms with Gasteiger partial charge in [-0.3, -0.25) is 4.79 Å². The number of benzene rings is 2. The van der Waals surface area contributed by atoms with E-state index in [1.807, 2.05) is 59.8 Å². The van der Waals surface area contributed by atoms with Gasteiger partial charge in [0.15, 0.2) is 0 Å². The van der Waals surface area contributed by atoms with Crippen LogP contribution in [0.4, 0.5) is 0 Å². The van der Waals surface area contributed by atoms with Gasteiger partial charge in [0.2, 0.25) is 0 Å². The van der Waals surface area contributed by atoms with Crippen LogP contribution in [0.25, 0.3) is 17.8 Å². The summed E-state index contributed by atoms with van der Waals surface area (Å²) in [7, 11) is 4.14. The van der Waals surface area contributed by atoms with Crippen molar-refractivity contribution in [1.29, 1.82) is 0 Å². The molecule has 3 aromatic rings. The minimum atomic E-state index is 0.0781. The zero-order valence-corrected chi connectivity index (χ0v) is 19.8. The van der Waals surface area contributed by atoms with Gasteiger partial charge in [0.25, 0.3) is 5.91 Å². The van der Waals surface area contributed by atoms with E-state index >= 15 is 0 Å². The van der Waals surface area contributed by atoms with Gasteiger partial charge < -0.3 is 9.80 Å². The smallest absolute Gasteiger partial charge is 0.257 e. The Morgan fingerprint density at radius 2 is 1.81 bits per heavy atom. The van der Waals surface area contributed by atoms with Crippen molar-refractivity contribution in [3.05, 3.63) is 81.6 Å². The molecule has 32 heavy (non-hydrogen) atoms. The zero-order chi connectivity index (χ0) is 22.8. The van der Waals surface area contributed by atoms with Gasteiger partial charge in [-0.1, -0.05) is 48.0 Å². The number of likely N-dealkylation sites (N-methyl/N-ethyl adjacent to an activating group) is 1. The highest BCUT2D eigenvalue weighted by Crippen LogP contribution is 2.24. The molecule has 1 aromatic heterocycles. The molecular weight excluding hydrogens is 420 g/mol. The molecule has 0 bridgehead atoms. The number of carbonyl (C=O) groups is 1. The number of likely N-dealkylation sites (tertiary alicyclic amines) is 1. The fraction of sp³-hybridized carbons (Fsp3) is 0.308. The molecule has 5 nitrogen and oxygen atoms in total. The maximum atomic E-state index is 13.3. The molecule has 0 aliphatic carbocycles. The van der Waals surface area contributed by atoms with Crippen molar-refractivity contribution in [1.82, 2.24) is 19.6 Å². The Balaban J connectivity index is 1.58. The van der Waals surface area contributed by atoms with Crippen LogP contribution in [0.15, 0.2) is 48.5 Å². The van der Waals surface area contributed by atoms with Crippen molar-refractivity contribution >= 4 is 29.7 Å². The minimum absolute atomic E-state index is 0.0781. The first-order chi connectivity index (χ1) is 15.3. The van der Waals surface area contributed by atoms with Crippen molar-refractivity contribution in [3.8, 4) is 5.69 Å². The summed E-state index contributed by atoms with van der Waals surface area (Å²) in [6.07, 6.45) is 5.13. The lowest BCUT2D eigenvalue weighted by atomic mass is 10.1. The predicted octanol–water partition coefficient (Wildman–Crippen LogP) is 5.09. The molecule has 1 aliphatic heterocycles. The molecule has 166 valence electrons. The first-order valence-electron chi connectivity index (χ1n) is 10.9. The van der Waals surface area contributed by atoms with Crippen LogP contribution in [-0.4, -0.2) is 58.7 Å². The number of rotatable bonds is 5. The predicted molar refractivity (Wildman–Crippen MR) is 131 cm³/mol. The third kappa shape index (κ3) is 4.64. The van der Waals surface area contributed by atoms with E-state index in [1.165, 1.54) is 0 Å². The van der Waals surface area contributed by atoms with Gasteiger partial charge in [-0.2, -0.15) is 5.10 Å². The van der Waals surface area contributed by atoms with Gasteiger partial charge in [0.05, 0.1) is 22.6 Å². The van der Waals surface area contributed by atoms with E-state index in [0.717, 1.165) is 52.7 Å². The van der Waals surface area contributed by atoms with Gasteiger partial charge in [0.1, 0.15) is 0 Å². The Morgan fingerprint density at radius 1 is 1.09 bits per heavy atom. The minimum Gasteiger partial charge on any atom is -0.337 e. The molecule has 0 spiro atoms. The number of halogens is 1. The molecule has 0 radical (unpaired) electrons. The average molecular weight is 449 g/mol.